The van der Waals surface area contributed by atoms with Gasteiger partial charge in [-0.2, -0.15) is 5.26 Å². The van der Waals surface area contributed by atoms with E-state index in [1.807, 2.05) is 36.4 Å². The molecule has 5 nitrogen and oxygen atoms in total. The van der Waals surface area contributed by atoms with Gasteiger partial charge in [0.2, 0.25) is 0 Å². The summed E-state index contributed by atoms with van der Waals surface area (Å²) in [4.78, 5) is 15.6. The van der Waals surface area contributed by atoms with Crippen LogP contribution in [0.3, 0.4) is 0 Å². The van der Waals surface area contributed by atoms with E-state index in [1.165, 1.54) is 12.7 Å². The molecule has 1 aliphatic rings. The van der Waals surface area contributed by atoms with Crippen molar-refractivity contribution in [3.05, 3.63) is 71.3 Å². The highest BCUT2D eigenvalue weighted by Gasteiger charge is 2.22. The summed E-state index contributed by atoms with van der Waals surface area (Å²) in [5.41, 5.74) is 3.29. The zero-order valence-corrected chi connectivity index (χ0v) is 15.5. The molecule has 2 aromatic rings. The molecule has 1 saturated heterocycles. The average Bonchev–Trinajstić information content (AvgIpc) is 2.73. The highest BCUT2D eigenvalue weighted by molar-refractivity contribution is 5.98. The molecule has 0 aliphatic carbocycles. The number of carbonyl (C=O) groups excluding carboxylic acids is 1. The number of carbonyl (C=O) groups is 1. The summed E-state index contributed by atoms with van der Waals surface area (Å²) in [6, 6.07) is 20.4. The van der Waals surface area contributed by atoms with Crippen molar-refractivity contribution in [3.8, 4) is 6.07 Å². The molecule has 0 aromatic heterocycles. The maximum Gasteiger partial charge on any atom is 0.348 e. The number of nitrogens with one attached hydrogen (secondary N) is 1. The number of benzene rings is 2. The number of methoxy groups -OCH3 is 1. The lowest BCUT2D eigenvalue weighted by Crippen LogP contribution is -3.13. The van der Waals surface area contributed by atoms with Crippen molar-refractivity contribution in [1.29, 1.82) is 5.26 Å². The summed E-state index contributed by atoms with van der Waals surface area (Å²) in [6.45, 7) is 5.02. The van der Waals surface area contributed by atoms with Crippen molar-refractivity contribution < 1.29 is 14.4 Å². The third-order valence-corrected chi connectivity index (χ3v) is 4.87. The summed E-state index contributed by atoms with van der Waals surface area (Å²) in [6.07, 6.45) is 1.62. The van der Waals surface area contributed by atoms with Crippen LogP contribution in [0.25, 0.3) is 6.08 Å². The van der Waals surface area contributed by atoms with Crippen LogP contribution >= 0.6 is 0 Å². The number of hydrogen-bond acceptors (Lipinski definition) is 4. The lowest BCUT2D eigenvalue weighted by molar-refractivity contribution is -0.914. The molecule has 0 amide bonds. The molecule has 27 heavy (non-hydrogen) atoms. The van der Waals surface area contributed by atoms with Gasteiger partial charge < -0.3 is 14.5 Å². The number of rotatable bonds is 5. The van der Waals surface area contributed by atoms with Gasteiger partial charge in [0.1, 0.15) is 18.2 Å². The largest absolute Gasteiger partial charge is 0.465 e. The van der Waals surface area contributed by atoms with Gasteiger partial charge in [-0.3, -0.25) is 0 Å². The normalized spacial score (nSPS) is 15.3. The van der Waals surface area contributed by atoms with Crippen molar-refractivity contribution >= 4 is 17.7 Å². The second-order valence-corrected chi connectivity index (χ2v) is 6.62. The van der Waals surface area contributed by atoms with E-state index in [0.717, 1.165) is 44.0 Å². The van der Waals surface area contributed by atoms with Crippen LogP contribution in [0.5, 0.6) is 0 Å². The van der Waals surface area contributed by atoms with Gasteiger partial charge in [-0.1, -0.05) is 48.5 Å². The molecule has 0 saturated carbocycles. The zero-order chi connectivity index (χ0) is 19.1. The van der Waals surface area contributed by atoms with Crippen molar-refractivity contribution in [2.75, 3.05) is 38.2 Å². The van der Waals surface area contributed by atoms with E-state index in [9.17, 15) is 10.1 Å². The molecule has 1 heterocycles. The molecule has 0 spiro atoms. The Balaban J connectivity index is 1.71. The third-order valence-electron chi connectivity index (χ3n) is 4.87. The van der Waals surface area contributed by atoms with E-state index in [2.05, 4.69) is 33.9 Å². The Morgan fingerprint density at radius 1 is 1.15 bits per heavy atom. The highest BCUT2D eigenvalue weighted by atomic mass is 16.5. The summed E-state index contributed by atoms with van der Waals surface area (Å²) in [5.74, 6) is -0.607. The van der Waals surface area contributed by atoms with Gasteiger partial charge in [0.15, 0.2) is 0 Å². The van der Waals surface area contributed by atoms with Gasteiger partial charge in [0.05, 0.1) is 33.3 Å². The Morgan fingerprint density at radius 3 is 2.48 bits per heavy atom. The lowest BCUT2D eigenvalue weighted by atomic mass is 10.1. The molecule has 0 bridgehead atoms. The summed E-state index contributed by atoms with van der Waals surface area (Å²) in [5, 5.41) is 9.23. The molecule has 0 unspecified atom stereocenters. The first-order chi connectivity index (χ1) is 13.2. The van der Waals surface area contributed by atoms with Gasteiger partial charge >= 0.3 is 5.97 Å². The van der Waals surface area contributed by atoms with E-state index in [-0.39, 0.29) is 5.57 Å². The molecule has 1 N–H and O–H groups in total. The molecular weight excluding hydrogens is 338 g/mol. The molecule has 5 heteroatoms. The van der Waals surface area contributed by atoms with Gasteiger partial charge in [-0.05, 0) is 17.7 Å². The molecule has 0 radical (unpaired) electrons. The lowest BCUT2D eigenvalue weighted by Gasteiger charge is -2.34. The Labute approximate surface area is 160 Å². The summed E-state index contributed by atoms with van der Waals surface area (Å²) in [7, 11) is 1.29. The fourth-order valence-electron chi connectivity index (χ4n) is 3.43. The summed E-state index contributed by atoms with van der Waals surface area (Å²) >= 11 is 0. The Kier molecular flexibility index (Phi) is 6.24. The smallest absolute Gasteiger partial charge is 0.348 e. The molecule has 1 aliphatic heterocycles. The second-order valence-electron chi connectivity index (χ2n) is 6.62. The van der Waals surface area contributed by atoms with Crippen LogP contribution in [0.15, 0.2) is 60.2 Å². The average molecular weight is 362 g/mol. The van der Waals surface area contributed by atoms with E-state index < -0.39 is 5.97 Å². The Morgan fingerprint density at radius 2 is 1.81 bits per heavy atom. The van der Waals surface area contributed by atoms with Crippen molar-refractivity contribution in [3.63, 3.8) is 0 Å². The third kappa shape index (κ3) is 4.75. The van der Waals surface area contributed by atoms with Crippen LogP contribution in [0.2, 0.25) is 0 Å². The van der Waals surface area contributed by atoms with Crippen LogP contribution in [0.1, 0.15) is 11.1 Å². The predicted octanol–water partition coefficient (Wildman–Crippen LogP) is 1.67. The quantitative estimate of drug-likeness (QED) is 0.499. The van der Waals surface area contributed by atoms with E-state index >= 15 is 0 Å². The molecule has 0 atom stereocenters. The number of ether oxygens (including phenoxy) is 1. The van der Waals surface area contributed by atoms with Crippen LogP contribution in [-0.2, 0) is 16.1 Å². The van der Waals surface area contributed by atoms with Crippen molar-refractivity contribution in [2.45, 2.75) is 6.54 Å². The monoisotopic (exact) mass is 362 g/mol. The van der Waals surface area contributed by atoms with Crippen LogP contribution < -0.4 is 9.80 Å². The standard InChI is InChI=1S/C22H23N3O2/c1-27-22(26)20(16-23)15-19-9-5-6-10-21(19)25-13-11-24(12-14-25)17-18-7-3-2-4-8-18/h2-10,15H,11-14,17H2,1H3/p+1. The first-order valence-corrected chi connectivity index (χ1v) is 9.13. The van der Waals surface area contributed by atoms with E-state index in [1.54, 1.807) is 11.0 Å². The van der Waals surface area contributed by atoms with Gasteiger partial charge in [-0.25, -0.2) is 4.79 Å². The van der Waals surface area contributed by atoms with Crippen LogP contribution in [-0.4, -0.2) is 39.3 Å². The Hall–Kier alpha value is -3.10. The predicted molar refractivity (Wildman–Crippen MR) is 105 cm³/mol. The Bertz CT molecular complexity index is 847. The van der Waals surface area contributed by atoms with Gasteiger partial charge in [-0.15, -0.1) is 0 Å². The molecule has 2 aromatic carbocycles. The zero-order valence-electron chi connectivity index (χ0n) is 15.5. The number of nitrogens with zero attached hydrogens (tertiary/aromatic N) is 2. The van der Waals surface area contributed by atoms with Crippen molar-refractivity contribution in [1.82, 2.24) is 0 Å². The SMILES string of the molecule is COC(=O)C(C#N)=Cc1ccccc1N1CC[NH+](Cc2ccccc2)CC1. The fourth-order valence-corrected chi connectivity index (χ4v) is 3.43. The van der Waals surface area contributed by atoms with Gasteiger partial charge in [0.25, 0.3) is 0 Å². The summed E-state index contributed by atoms with van der Waals surface area (Å²) < 4.78 is 4.68. The van der Waals surface area contributed by atoms with E-state index in [4.69, 9.17) is 0 Å². The number of esters is 1. The molecule has 3 rings (SSSR count). The maximum absolute atomic E-state index is 11.7. The molecule has 1 fully saturated rings. The van der Waals surface area contributed by atoms with Crippen LogP contribution in [0.4, 0.5) is 5.69 Å². The number of piperazine rings is 1. The molecular formula is C22H24N3O2+. The first-order valence-electron chi connectivity index (χ1n) is 9.13. The second kappa shape index (κ2) is 9.02. The number of quaternary nitrogens is 1. The van der Waals surface area contributed by atoms with Gasteiger partial charge in [0, 0.05) is 11.3 Å². The van der Waals surface area contributed by atoms with Crippen molar-refractivity contribution in [2.24, 2.45) is 0 Å². The highest BCUT2D eigenvalue weighted by Crippen LogP contribution is 2.23. The van der Waals surface area contributed by atoms with E-state index in [0.29, 0.717) is 0 Å². The number of anilines is 1. The molecule has 138 valence electrons. The maximum atomic E-state index is 11.7. The minimum atomic E-state index is -0.607. The minimum absolute atomic E-state index is 0.0123. The van der Waals surface area contributed by atoms with Crippen LogP contribution in [0, 0.1) is 11.3 Å². The number of para-hydroxylation sites is 1. The first kappa shape index (κ1) is 18.7. The topological polar surface area (TPSA) is 57.8 Å². The number of nitriles is 1. The minimum Gasteiger partial charge on any atom is -0.465 e. The number of hydrogen-bond donors (Lipinski definition) is 1. The fraction of sp³-hybridized carbons (Fsp3) is 0.273.